The first-order valence-electron chi connectivity index (χ1n) is 4.91. The van der Waals surface area contributed by atoms with E-state index in [4.69, 9.17) is 0 Å². The number of nitrogens with zero attached hydrogens (tertiary/aromatic N) is 1. The lowest BCUT2D eigenvalue weighted by Gasteiger charge is -2.03. The van der Waals surface area contributed by atoms with Crippen LogP contribution in [0.2, 0.25) is 0 Å². The highest BCUT2D eigenvalue weighted by Crippen LogP contribution is 2.03. The van der Waals surface area contributed by atoms with E-state index in [-0.39, 0.29) is 0 Å². The standard InChI is InChI=1S/C12H13N2S/c1-10-2-4-11(5-3-10)6-13-7-12-8-15-9-14-12/h2-5,8,13H,6-7H2,1H3. The van der Waals surface area contributed by atoms with Gasteiger partial charge >= 0.3 is 0 Å². The van der Waals surface area contributed by atoms with Gasteiger partial charge < -0.3 is 5.32 Å². The van der Waals surface area contributed by atoms with Crippen molar-refractivity contribution in [2.45, 2.75) is 20.0 Å². The summed E-state index contributed by atoms with van der Waals surface area (Å²) in [5.41, 5.74) is 6.50. The smallest absolute Gasteiger partial charge is 0.152 e. The molecule has 1 radical (unpaired) electrons. The van der Waals surface area contributed by atoms with Gasteiger partial charge in [0, 0.05) is 18.5 Å². The first-order chi connectivity index (χ1) is 7.34. The molecule has 1 N–H and O–H groups in total. The van der Waals surface area contributed by atoms with E-state index in [1.165, 1.54) is 22.5 Å². The van der Waals surface area contributed by atoms with Crippen LogP contribution in [0.1, 0.15) is 16.8 Å². The molecule has 3 heteroatoms. The largest absolute Gasteiger partial charge is 0.307 e. The van der Waals surface area contributed by atoms with Crippen LogP contribution in [-0.2, 0) is 13.1 Å². The Morgan fingerprint density at radius 2 is 2.07 bits per heavy atom. The number of hydrogen-bond acceptors (Lipinski definition) is 3. The number of hydrogen-bond donors (Lipinski definition) is 1. The lowest BCUT2D eigenvalue weighted by atomic mass is 10.1. The highest BCUT2D eigenvalue weighted by atomic mass is 32.1. The number of nitrogens with one attached hydrogen (secondary N) is 1. The molecule has 0 aliphatic carbocycles. The van der Waals surface area contributed by atoms with Crippen molar-refractivity contribution in [1.82, 2.24) is 10.3 Å². The first-order valence-corrected chi connectivity index (χ1v) is 5.79. The lowest BCUT2D eigenvalue weighted by Crippen LogP contribution is -2.12. The summed E-state index contributed by atoms with van der Waals surface area (Å²) in [7, 11) is 0. The fourth-order valence-corrected chi connectivity index (χ4v) is 1.82. The summed E-state index contributed by atoms with van der Waals surface area (Å²) >= 11 is 1.51. The molecule has 0 spiro atoms. The molecule has 1 aromatic carbocycles. The minimum absolute atomic E-state index is 0.813. The summed E-state index contributed by atoms with van der Waals surface area (Å²) in [5.74, 6) is 0. The van der Waals surface area contributed by atoms with Crippen LogP contribution >= 0.6 is 11.3 Å². The van der Waals surface area contributed by atoms with Gasteiger partial charge in [0.05, 0.1) is 5.69 Å². The van der Waals surface area contributed by atoms with Crippen LogP contribution in [0.3, 0.4) is 0 Å². The van der Waals surface area contributed by atoms with Crippen LogP contribution in [0.5, 0.6) is 0 Å². The summed E-state index contributed by atoms with van der Waals surface area (Å²) < 4.78 is 0. The third kappa shape index (κ3) is 3.15. The van der Waals surface area contributed by atoms with E-state index < -0.39 is 0 Å². The van der Waals surface area contributed by atoms with E-state index in [9.17, 15) is 0 Å². The van der Waals surface area contributed by atoms with Gasteiger partial charge in [-0.15, -0.1) is 11.3 Å². The summed E-state index contributed by atoms with van der Waals surface area (Å²) in [6.07, 6.45) is 0. The van der Waals surface area contributed by atoms with Crippen LogP contribution < -0.4 is 5.32 Å². The molecule has 2 rings (SSSR count). The zero-order valence-electron chi connectivity index (χ0n) is 8.66. The Bertz CT molecular complexity index is 392. The van der Waals surface area contributed by atoms with Gasteiger partial charge in [-0.1, -0.05) is 29.8 Å². The predicted octanol–water partition coefficient (Wildman–Crippen LogP) is 2.54. The molecule has 0 saturated heterocycles. The van der Waals surface area contributed by atoms with Crippen molar-refractivity contribution in [1.29, 1.82) is 0 Å². The van der Waals surface area contributed by atoms with Crippen molar-refractivity contribution in [3.8, 4) is 0 Å². The van der Waals surface area contributed by atoms with Crippen molar-refractivity contribution in [2.24, 2.45) is 0 Å². The van der Waals surface area contributed by atoms with Gasteiger partial charge in [-0.25, -0.2) is 4.98 Å². The molecule has 15 heavy (non-hydrogen) atoms. The fourth-order valence-electron chi connectivity index (χ4n) is 1.33. The Kier molecular flexibility index (Phi) is 3.48. The van der Waals surface area contributed by atoms with Crippen LogP contribution in [0.15, 0.2) is 29.6 Å². The van der Waals surface area contributed by atoms with Gasteiger partial charge in [0.1, 0.15) is 0 Å². The Hall–Kier alpha value is -1.19. The minimum Gasteiger partial charge on any atom is -0.307 e. The number of thiazole rings is 1. The quantitative estimate of drug-likeness (QED) is 0.851. The predicted molar refractivity (Wildman–Crippen MR) is 62.7 cm³/mol. The van der Waals surface area contributed by atoms with Gasteiger partial charge in [-0.2, -0.15) is 0 Å². The van der Waals surface area contributed by atoms with E-state index in [1.54, 1.807) is 0 Å². The Labute approximate surface area is 94.0 Å². The molecule has 0 atom stereocenters. The van der Waals surface area contributed by atoms with Crippen LogP contribution in [0.25, 0.3) is 0 Å². The molecule has 0 aliphatic heterocycles. The van der Waals surface area contributed by atoms with E-state index in [2.05, 4.69) is 47.0 Å². The van der Waals surface area contributed by atoms with Crippen LogP contribution in [0.4, 0.5) is 0 Å². The highest BCUT2D eigenvalue weighted by molar-refractivity contribution is 7.07. The van der Waals surface area contributed by atoms with E-state index >= 15 is 0 Å². The maximum Gasteiger partial charge on any atom is 0.152 e. The van der Waals surface area contributed by atoms with Crippen molar-refractivity contribution in [3.63, 3.8) is 0 Å². The minimum atomic E-state index is 0.813. The molecule has 1 aromatic heterocycles. The molecule has 0 unspecified atom stereocenters. The van der Waals surface area contributed by atoms with E-state index in [0.717, 1.165) is 18.8 Å². The van der Waals surface area contributed by atoms with Crippen LogP contribution in [0, 0.1) is 12.4 Å². The molecule has 0 amide bonds. The fraction of sp³-hybridized carbons (Fsp3) is 0.250. The molecular weight excluding hydrogens is 204 g/mol. The molecule has 1 heterocycles. The molecule has 0 saturated carbocycles. The second-order valence-electron chi connectivity index (χ2n) is 3.52. The summed E-state index contributed by atoms with van der Waals surface area (Å²) in [6.45, 7) is 3.80. The Morgan fingerprint density at radius 1 is 1.27 bits per heavy atom. The lowest BCUT2D eigenvalue weighted by molar-refractivity contribution is 0.682. The SMILES string of the molecule is Cc1ccc(CNCc2cs[c]n2)cc1. The van der Waals surface area contributed by atoms with Crippen LogP contribution in [-0.4, -0.2) is 4.98 Å². The van der Waals surface area contributed by atoms with Gasteiger partial charge in [0.25, 0.3) is 0 Å². The van der Waals surface area contributed by atoms with Gasteiger partial charge in [0.2, 0.25) is 0 Å². The maximum atomic E-state index is 4.09. The summed E-state index contributed by atoms with van der Waals surface area (Å²) in [5, 5.41) is 5.36. The van der Waals surface area contributed by atoms with Crippen molar-refractivity contribution >= 4 is 11.3 Å². The first kappa shape index (κ1) is 10.3. The average molecular weight is 217 g/mol. The number of aromatic nitrogens is 1. The number of rotatable bonds is 4. The van der Waals surface area contributed by atoms with E-state index in [1.807, 2.05) is 5.38 Å². The third-order valence-electron chi connectivity index (χ3n) is 2.19. The molecule has 2 nitrogen and oxygen atoms in total. The van der Waals surface area contributed by atoms with Crippen molar-refractivity contribution < 1.29 is 0 Å². The normalized spacial score (nSPS) is 10.5. The van der Waals surface area contributed by atoms with Gasteiger partial charge in [0.15, 0.2) is 5.51 Å². The molecule has 77 valence electrons. The molecular formula is C12H13N2S. The molecule has 0 fully saturated rings. The second-order valence-corrected chi connectivity index (χ2v) is 4.17. The van der Waals surface area contributed by atoms with Crippen molar-refractivity contribution in [2.75, 3.05) is 0 Å². The van der Waals surface area contributed by atoms with E-state index in [0.29, 0.717) is 0 Å². The molecule has 0 aliphatic rings. The Balaban J connectivity index is 1.81. The number of benzene rings is 1. The molecule has 2 aromatic rings. The zero-order valence-corrected chi connectivity index (χ0v) is 9.47. The number of aryl methyl sites for hydroxylation is 1. The van der Waals surface area contributed by atoms with Crippen molar-refractivity contribution in [3.05, 3.63) is 52.0 Å². The summed E-state index contributed by atoms with van der Waals surface area (Å²) in [4.78, 5) is 4.09. The van der Waals surface area contributed by atoms with Gasteiger partial charge in [-0.3, -0.25) is 0 Å². The topological polar surface area (TPSA) is 24.9 Å². The maximum absolute atomic E-state index is 4.09. The highest BCUT2D eigenvalue weighted by Gasteiger charge is 1.95. The monoisotopic (exact) mass is 217 g/mol. The zero-order chi connectivity index (χ0) is 10.5. The second kappa shape index (κ2) is 5.05. The molecule has 0 bridgehead atoms. The average Bonchev–Trinajstić information content (AvgIpc) is 2.74. The summed E-state index contributed by atoms with van der Waals surface area (Å²) in [6, 6.07) is 8.56. The third-order valence-corrected chi connectivity index (χ3v) is 2.78. The van der Waals surface area contributed by atoms with Gasteiger partial charge in [-0.05, 0) is 12.5 Å². The Morgan fingerprint density at radius 3 is 2.73 bits per heavy atom.